The Kier molecular flexibility index (Phi) is 6.41. The third-order valence-electron chi connectivity index (χ3n) is 6.39. The van der Waals surface area contributed by atoms with Gasteiger partial charge in [0.05, 0.1) is 29.3 Å². The summed E-state index contributed by atoms with van der Waals surface area (Å²) in [5.74, 6) is 1.08. The van der Waals surface area contributed by atoms with Crippen LogP contribution in [0.4, 0.5) is 5.69 Å². The monoisotopic (exact) mass is 475 g/mol. The minimum atomic E-state index is -0.646. The molecule has 0 saturated carbocycles. The molecule has 0 unspecified atom stereocenters. The van der Waals surface area contributed by atoms with Crippen LogP contribution in [0.15, 0.2) is 54.6 Å². The summed E-state index contributed by atoms with van der Waals surface area (Å²) in [6, 6.07) is 17.2. The molecule has 9 nitrogen and oxygen atoms in total. The summed E-state index contributed by atoms with van der Waals surface area (Å²) in [5.41, 5.74) is 3.34. The summed E-state index contributed by atoms with van der Waals surface area (Å²) in [4.78, 5) is 29.6. The minimum Gasteiger partial charge on any atom is -0.485 e. The Labute approximate surface area is 204 Å². The molecular weight excluding hydrogens is 446 g/mol. The zero-order valence-electron chi connectivity index (χ0n) is 19.9. The topological polar surface area (TPSA) is 88.9 Å². The SMILES string of the molecule is Cc1nn(-c2ccccc2)c(C)c1NC(=O)CN1CCN(C(=O)[C@@H]2COc3ccccc3O2)CC1. The van der Waals surface area contributed by atoms with Gasteiger partial charge in [0, 0.05) is 26.2 Å². The predicted octanol–water partition coefficient (Wildman–Crippen LogP) is 2.41. The molecular formula is C26H29N5O4. The summed E-state index contributed by atoms with van der Waals surface area (Å²) in [5, 5.41) is 7.62. The van der Waals surface area contributed by atoms with E-state index in [4.69, 9.17) is 9.47 Å². The molecule has 1 atom stereocenters. The predicted molar refractivity (Wildman–Crippen MR) is 131 cm³/mol. The van der Waals surface area contributed by atoms with Crippen LogP contribution in [0.5, 0.6) is 11.5 Å². The quantitative estimate of drug-likeness (QED) is 0.610. The van der Waals surface area contributed by atoms with Gasteiger partial charge in [0.25, 0.3) is 5.91 Å². The summed E-state index contributed by atoms with van der Waals surface area (Å²) in [7, 11) is 0. The number of hydrogen-bond acceptors (Lipinski definition) is 6. The van der Waals surface area contributed by atoms with Crippen molar-refractivity contribution in [2.24, 2.45) is 0 Å². The van der Waals surface area contributed by atoms with Crippen molar-refractivity contribution in [2.75, 3.05) is 44.6 Å². The van der Waals surface area contributed by atoms with Gasteiger partial charge in [-0.2, -0.15) is 5.10 Å². The highest BCUT2D eigenvalue weighted by Crippen LogP contribution is 2.31. The number of rotatable bonds is 5. The van der Waals surface area contributed by atoms with E-state index in [2.05, 4.69) is 15.3 Å². The maximum atomic E-state index is 12.9. The second kappa shape index (κ2) is 9.79. The van der Waals surface area contributed by atoms with Crippen LogP contribution in [0.3, 0.4) is 0 Å². The molecule has 5 rings (SSSR count). The Balaban J connectivity index is 1.13. The molecule has 1 fully saturated rings. The van der Waals surface area contributed by atoms with Crippen molar-refractivity contribution in [1.82, 2.24) is 19.6 Å². The number of ether oxygens (including phenoxy) is 2. The first kappa shape index (κ1) is 22.9. The maximum Gasteiger partial charge on any atom is 0.267 e. The Hall–Kier alpha value is -3.85. The van der Waals surface area contributed by atoms with Crippen molar-refractivity contribution in [3.8, 4) is 17.2 Å². The smallest absolute Gasteiger partial charge is 0.267 e. The van der Waals surface area contributed by atoms with Crippen LogP contribution >= 0.6 is 0 Å². The lowest BCUT2D eigenvalue weighted by atomic mass is 10.2. The lowest BCUT2D eigenvalue weighted by molar-refractivity contribution is -0.143. The van der Waals surface area contributed by atoms with E-state index in [-0.39, 0.29) is 25.0 Å². The fourth-order valence-electron chi connectivity index (χ4n) is 4.50. The van der Waals surface area contributed by atoms with Crippen LogP contribution in [-0.2, 0) is 9.59 Å². The third-order valence-corrected chi connectivity index (χ3v) is 6.39. The van der Waals surface area contributed by atoms with E-state index < -0.39 is 6.10 Å². The van der Waals surface area contributed by atoms with Gasteiger partial charge >= 0.3 is 0 Å². The first-order valence-corrected chi connectivity index (χ1v) is 11.8. The number of benzene rings is 2. The van der Waals surface area contributed by atoms with Crippen LogP contribution in [0, 0.1) is 13.8 Å². The van der Waals surface area contributed by atoms with Crippen LogP contribution in [0.1, 0.15) is 11.4 Å². The van der Waals surface area contributed by atoms with Crippen molar-refractivity contribution in [3.05, 3.63) is 66.0 Å². The molecule has 1 aromatic heterocycles. The van der Waals surface area contributed by atoms with E-state index in [0.29, 0.717) is 37.7 Å². The number of anilines is 1. The Morgan fingerprint density at radius 1 is 0.971 bits per heavy atom. The maximum absolute atomic E-state index is 12.9. The molecule has 2 aliphatic heterocycles. The summed E-state index contributed by atoms with van der Waals surface area (Å²) in [6.07, 6.45) is -0.646. The summed E-state index contributed by atoms with van der Waals surface area (Å²) < 4.78 is 13.4. The largest absolute Gasteiger partial charge is 0.485 e. The number of aryl methyl sites for hydroxylation is 1. The van der Waals surface area contributed by atoms with Gasteiger partial charge in [-0.3, -0.25) is 14.5 Å². The Morgan fingerprint density at radius 2 is 1.66 bits per heavy atom. The number of hydrogen-bond donors (Lipinski definition) is 1. The van der Waals surface area contributed by atoms with Crippen molar-refractivity contribution >= 4 is 17.5 Å². The number of amides is 2. The van der Waals surface area contributed by atoms with E-state index in [1.807, 2.05) is 67.1 Å². The van der Waals surface area contributed by atoms with Crippen molar-refractivity contribution in [1.29, 1.82) is 0 Å². The number of nitrogens with one attached hydrogen (secondary N) is 1. The molecule has 9 heteroatoms. The molecule has 3 heterocycles. The highest BCUT2D eigenvalue weighted by Gasteiger charge is 2.33. The van der Waals surface area contributed by atoms with Gasteiger partial charge in [-0.1, -0.05) is 30.3 Å². The molecule has 3 aromatic rings. The molecule has 1 saturated heterocycles. The molecule has 0 bridgehead atoms. The highest BCUT2D eigenvalue weighted by molar-refractivity contribution is 5.93. The fourth-order valence-corrected chi connectivity index (χ4v) is 4.50. The zero-order valence-corrected chi connectivity index (χ0v) is 19.9. The van der Waals surface area contributed by atoms with Crippen molar-refractivity contribution in [3.63, 3.8) is 0 Å². The molecule has 2 aromatic carbocycles. The number of carbonyl (C=O) groups is 2. The molecule has 182 valence electrons. The van der Waals surface area contributed by atoms with Gasteiger partial charge in [-0.05, 0) is 38.1 Å². The normalized spacial score (nSPS) is 17.8. The lowest BCUT2D eigenvalue weighted by Gasteiger charge is -2.36. The Morgan fingerprint density at radius 3 is 2.40 bits per heavy atom. The van der Waals surface area contributed by atoms with E-state index >= 15 is 0 Å². The number of carbonyl (C=O) groups excluding carboxylic acids is 2. The standard InChI is InChI=1S/C26H29N5O4/c1-18-25(19(2)31(28-18)20-8-4-3-5-9-20)27-24(32)16-29-12-14-30(15-13-29)26(33)23-17-34-21-10-6-7-11-22(21)35-23/h3-11,23H,12-17H2,1-2H3,(H,27,32)/t23-/m0/s1. The van der Waals surface area contributed by atoms with Gasteiger partial charge in [0.2, 0.25) is 12.0 Å². The van der Waals surface area contributed by atoms with Gasteiger partial charge in [0.1, 0.15) is 6.61 Å². The van der Waals surface area contributed by atoms with E-state index in [9.17, 15) is 9.59 Å². The number of fused-ring (bicyclic) bond motifs is 1. The van der Waals surface area contributed by atoms with Crippen LogP contribution in [0.25, 0.3) is 5.69 Å². The van der Waals surface area contributed by atoms with Gasteiger partial charge in [-0.15, -0.1) is 0 Å². The summed E-state index contributed by atoms with van der Waals surface area (Å²) >= 11 is 0. The molecule has 0 spiro atoms. The average molecular weight is 476 g/mol. The molecule has 2 amide bonds. The van der Waals surface area contributed by atoms with Gasteiger partial charge < -0.3 is 19.7 Å². The van der Waals surface area contributed by atoms with Crippen molar-refractivity contribution < 1.29 is 19.1 Å². The van der Waals surface area contributed by atoms with E-state index in [0.717, 1.165) is 22.8 Å². The van der Waals surface area contributed by atoms with Crippen molar-refractivity contribution in [2.45, 2.75) is 20.0 Å². The number of nitrogens with zero attached hydrogens (tertiary/aromatic N) is 4. The second-order valence-electron chi connectivity index (χ2n) is 8.81. The molecule has 0 radical (unpaired) electrons. The average Bonchev–Trinajstić information content (AvgIpc) is 3.17. The molecule has 2 aliphatic rings. The third kappa shape index (κ3) is 4.85. The Bertz CT molecular complexity index is 1220. The lowest BCUT2D eigenvalue weighted by Crippen LogP contribution is -2.54. The zero-order chi connectivity index (χ0) is 24.4. The van der Waals surface area contributed by atoms with Crippen LogP contribution < -0.4 is 14.8 Å². The number of para-hydroxylation sites is 3. The number of piperazine rings is 1. The fraction of sp³-hybridized carbons (Fsp3) is 0.346. The summed E-state index contributed by atoms with van der Waals surface area (Å²) in [6.45, 7) is 6.61. The van der Waals surface area contributed by atoms with E-state index in [1.165, 1.54) is 0 Å². The molecule has 35 heavy (non-hydrogen) atoms. The van der Waals surface area contributed by atoms with Crippen LogP contribution in [0.2, 0.25) is 0 Å². The van der Waals surface area contributed by atoms with Crippen LogP contribution in [-0.4, -0.2) is 76.8 Å². The molecule has 1 N–H and O–H groups in total. The van der Waals surface area contributed by atoms with Gasteiger partial charge in [0.15, 0.2) is 11.5 Å². The minimum absolute atomic E-state index is 0.0804. The number of aromatic nitrogens is 2. The molecule has 0 aliphatic carbocycles. The van der Waals surface area contributed by atoms with E-state index in [1.54, 1.807) is 11.0 Å². The highest BCUT2D eigenvalue weighted by atomic mass is 16.6. The first-order chi connectivity index (χ1) is 17.0. The second-order valence-corrected chi connectivity index (χ2v) is 8.81. The first-order valence-electron chi connectivity index (χ1n) is 11.8. The van der Waals surface area contributed by atoms with Gasteiger partial charge in [-0.25, -0.2) is 4.68 Å².